The Hall–Kier alpha value is -2.85. The number of nitrogens with zero attached hydrogens (tertiary/aromatic N) is 2. The highest BCUT2D eigenvalue weighted by molar-refractivity contribution is 6.63. The number of benzene rings is 1. The van der Waals surface area contributed by atoms with E-state index in [0.29, 0.717) is 34.0 Å². The number of aromatic nitrogens is 2. The van der Waals surface area contributed by atoms with Crippen LogP contribution in [0.5, 0.6) is 0 Å². The highest BCUT2D eigenvalue weighted by Gasteiger charge is 2.52. The Labute approximate surface area is 206 Å². The first-order chi connectivity index (χ1) is 16.4. The molecule has 0 bridgehead atoms. The van der Waals surface area contributed by atoms with Gasteiger partial charge in [0.1, 0.15) is 5.56 Å². The second-order valence-corrected chi connectivity index (χ2v) is 10.6. The van der Waals surface area contributed by atoms with Crippen LogP contribution in [0.25, 0.3) is 0 Å². The lowest BCUT2D eigenvalue weighted by Gasteiger charge is -2.32. The number of hydrogen-bond acceptors (Lipinski definition) is 7. The van der Waals surface area contributed by atoms with Gasteiger partial charge in [0.25, 0.3) is 5.91 Å². The second kappa shape index (κ2) is 9.31. The third-order valence-corrected chi connectivity index (χ3v) is 7.63. The number of carbonyl (C=O) groups is 2. The Morgan fingerprint density at radius 3 is 2.40 bits per heavy atom. The summed E-state index contributed by atoms with van der Waals surface area (Å²) in [5, 5.41) is 7.85. The predicted molar refractivity (Wildman–Crippen MR) is 134 cm³/mol. The molecule has 1 amide bonds. The van der Waals surface area contributed by atoms with Crippen molar-refractivity contribution in [2.75, 3.05) is 12.4 Å². The van der Waals surface area contributed by atoms with Crippen LogP contribution in [0.1, 0.15) is 87.1 Å². The third-order valence-electron chi connectivity index (χ3n) is 7.63. The Bertz CT molecular complexity index is 1110. The largest absolute Gasteiger partial charge is 0.495 e. The fourth-order valence-corrected chi connectivity index (χ4v) is 4.76. The topological polar surface area (TPSA) is 118 Å². The lowest BCUT2D eigenvalue weighted by molar-refractivity contribution is 0.00578. The Balaban J connectivity index is 1.66. The van der Waals surface area contributed by atoms with E-state index < -0.39 is 30.2 Å². The minimum absolute atomic E-state index is 0.216. The van der Waals surface area contributed by atoms with E-state index in [9.17, 15) is 9.59 Å². The normalized spacial score (nSPS) is 23.2. The number of esters is 1. The zero-order valence-corrected chi connectivity index (χ0v) is 21.4. The molecule has 1 aromatic heterocycles. The molecule has 2 atom stereocenters. The number of nitrogens with two attached hydrogens (primary N) is 1. The van der Waals surface area contributed by atoms with Crippen molar-refractivity contribution in [1.29, 1.82) is 0 Å². The number of hydrogen-bond donors (Lipinski definition) is 2. The zero-order chi connectivity index (χ0) is 25.5. The number of ether oxygens (including phenoxy) is 1. The van der Waals surface area contributed by atoms with Crippen LogP contribution in [0, 0.1) is 5.92 Å². The first kappa shape index (κ1) is 25.3. The number of anilines is 2. The third kappa shape index (κ3) is 4.82. The van der Waals surface area contributed by atoms with Gasteiger partial charge < -0.3 is 25.1 Å². The van der Waals surface area contributed by atoms with Crippen molar-refractivity contribution in [3.8, 4) is 0 Å². The molecule has 3 N–H and O–H groups in total. The van der Waals surface area contributed by atoms with Crippen LogP contribution in [-0.4, -0.2) is 47.1 Å². The van der Waals surface area contributed by atoms with Crippen molar-refractivity contribution in [2.45, 2.75) is 77.5 Å². The molecule has 2 aliphatic rings. The molecule has 188 valence electrons. The highest BCUT2D eigenvalue weighted by atomic mass is 16.7. The lowest BCUT2D eigenvalue weighted by atomic mass is 9.75. The zero-order valence-electron chi connectivity index (χ0n) is 21.4. The van der Waals surface area contributed by atoms with Crippen molar-refractivity contribution in [3.63, 3.8) is 0 Å². The molecule has 1 saturated heterocycles. The van der Waals surface area contributed by atoms with Crippen LogP contribution in [0.2, 0.25) is 0 Å². The van der Waals surface area contributed by atoms with Crippen LogP contribution in [0.15, 0.2) is 24.4 Å². The lowest BCUT2D eigenvalue weighted by Crippen LogP contribution is -2.41. The van der Waals surface area contributed by atoms with E-state index in [0.717, 1.165) is 19.3 Å². The van der Waals surface area contributed by atoms with Crippen molar-refractivity contribution >= 4 is 36.0 Å². The number of carbonyl (C=O) groups excluding carboxylic acids is 2. The van der Waals surface area contributed by atoms with Gasteiger partial charge in [-0.2, -0.15) is 5.10 Å². The highest BCUT2D eigenvalue weighted by Crippen LogP contribution is 2.37. The van der Waals surface area contributed by atoms with Crippen LogP contribution >= 0.6 is 0 Å². The molecule has 9 nitrogen and oxygen atoms in total. The van der Waals surface area contributed by atoms with Crippen LogP contribution in [0.3, 0.4) is 0 Å². The SMILES string of the molecule is COC(=O)c1cc(Nc2nn(C3CCCC[C@@H]3C)cc2C(N)=O)ccc1B1OC(C)(C)C(C)(C)O1. The summed E-state index contributed by atoms with van der Waals surface area (Å²) in [4.78, 5) is 24.9. The van der Waals surface area contributed by atoms with Gasteiger partial charge in [0.05, 0.1) is 29.9 Å². The molecule has 10 heteroatoms. The van der Waals surface area contributed by atoms with Gasteiger partial charge in [-0.05, 0) is 64.1 Å². The fraction of sp³-hybridized carbons (Fsp3) is 0.560. The second-order valence-electron chi connectivity index (χ2n) is 10.6. The van der Waals surface area contributed by atoms with Crippen molar-refractivity contribution in [1.82, 2.24) is 9.78 Å². The summed E-state index contributed by atoms with van der Waals surface area (Å²) in [5.41, 5.74) is 6.29. The first-order valence-electron chi connectivity index (χ1n) is 12.2. The maximum absolute atomic E-state index is 12.7. The van der Waals surface area contributed by atoms with Gasteiger partial charge in [-0.1, -0.05) is 25.8 Å². The number of primary amides is 1. The Kier molecular flexibility index (Phi) is 6.72. The van der Waals surface area contributed by atoms with E-state index in [4.69, 9.17) is 19.8 Å². The minimum Gasteiger partial charge on any atom is -0.465 e. The summed E-state index contributed by atoms with van der Waals surface area (Å²) in [7, 11) is 0.602. The first-order valence-corrected chi connectivity index (χ1v) is 12.2. The summed E-state index contributed by atoms with van der Waals surface area (Å²) < 4.78 is 19.2. The van der Waals surface area contributed by atoms with Gasteiger partial charge >= 0.3 is 13.1 Å². The Morgan fingerprint density at radius 2 is 1.80 bits per heavy atom. The standard InChI is InChI=1S/C25H35BN4O5/c1-15-9-7-8-10-20(15)30-14-18(21(27)31)22(29-30)28-16-11-12-19(17(13-16)23(32)33-6)26-34-24(2,3)25(4,5)35-26/h11-15,20H,7-10H2,1-6H3,(H2,27,31)(H,28,29)/t15-,20?/m0/s1. The van der Waals surface area contributed by atoms with Crippen molar-refractivity contribution < 1.29 is 23.6 Å². The molecular formula is C25H35BN4O5. The molecule has 4 rings (SSSR count). The summed E-state index contributed by atoms with van der Waals surface area (Å²) in [6.45, 7) is 10.0. The van der Waals surface area contributed by atoms with E-state index >= 15 is 0 Å². The van der Waals surface area contributed by atoms with Crippen molar-refractivity contribution in [3.05, 3.63) is 35.5 Å². The van der Waals surface area contributed by atoms with Gasteiger partial charge in [0.2, 0.25) is 0 Å². The molecule has 0 radical (unpaired) electrons. The number of rotatable bonds is 6. The van der Waals surface area contributed by atoms with E-state index in [1.54, 1.807) is 24.4 Å². The van der Waals surface area contributed by atoms with Gasteiger partial charge in [-0.3, -0.25) is 9.48 Å². The maximum Gasteiger partial charge on any atom is 0.495 e. The van der Waals surface area contributed by atoms with Crippen molar-refractivity contribution in [2.24, 2.45) is 11.7 Å². The quantitative estimate of drug-likeness (QED) is 0.478. The van der Waals surface area contributed by atoms with Gasteiger partial charge in [0, 0.05) is 11.9 Å². The average Bonchev–Trinajstić information content (AvgIpc) is 3.30. The monoisotopic (exact) mass is 482 g/mol. The van der Waals surface area contributed by atoms with E-state index in [2.05, 4.69) is 17.3 Å². The molecule has 2 fully saturated rings. The molecule has 1 aliphatic carbocycles. The summed E-state index contributed by atoms with van der Waals surface area (Å²) >= 11 is 0. The van der Waals surface area contributed by atoms with E-state index in [-0.39, 0.29) is 6.04 Å². The molecule has 2 aromatic rings. The number of methoxy groups -OCH3 is 1. The summed E-state index contributed by atoms with van der Waals surface area (Å²) in [6, 6.07) is 5.42. The minimum atomic E-state index is -0.726. The van der Waals surface area contributed by atoms with Crippen LogP contribution in [-0.2, 0) is 14.0 Å². The van der Waals surface area contributed by atoms with Crippen LogP contribution in [0.4, 0.5) is 11.5 Å². The van der Waals surface area contributed by atoms with Crippen LogP contribution < -0.4 is 16.5 Å². The Morgan fingerprint density at radius 1 is 1.14 bits per heavy atom. The average molecular weight is 482 g/mol. The predicted octanol–water partition coefficient (Wildman–Crippen LogP) is 3.56. The molecule has 1 aliphatic heterocycles. The smallest absolute Gasteiger partial charge is 0.465 e. The molecular weight excluding hydrogens is 447 g/mol. The summed E-state index contributed by atoms with van der Waals surface area (Å²) in [6.07, 6.45) is 6.19. The van der Waals surface area contributed by atoms with Gasteiger partial charge in [0.15, 0.2) is 5.82 Å². The molecule has 1 unspecified atom stereocenters. The molecule has 0 spiro atoms. The number of nitrogens with one attached hydrogen (secondary N) is 1. The van der Waals surface area contributed by atoms with E-state index in [1.807, 2.05) is 32.4 Å². The maximum atomic E-state index is 12.7. The van der Waals surface area contributed by atoms with E-state index in [1.165, 1.54) is 13.5 Å². The van der Waals surface area contributed by atoms with Gasteiger partial charge in [-0.15, -0.1) is 0 Å². The molecule has 1 saturated carbocycles. The van der Waals surface area contributed by atoms with Gasteiger partial charge in [-0.25, -0.2) is 4.79 Å². The molecule has 35 heavy (non-hydrogen) atoms. The molecule has 1 aromatic carbocycles. The fourth-order valence-electron chi connectivity index (χ4n) is 4.76. The summed E-state index contributed by atoms with van der Waals surface area (Å²) in [5.74, 6) is -0.267. The molecule has 2 heterocycles. The number of amides is 1.